The topological polar surface area (TPSA) is 32.3 Å². The van der Waals surface area contributed by atoms with Crippen LogP contribution in [0, 0.1) is 6.92 Å². The molecule has 0 bridgehead atoms. The first kappa shape index (κ1) is 13.0. The minimum Gasteiger partial charge on any atom is -0.508 e. The molecule has 2 rings (SSSR count). The fourth-order valence-corrected chi connectivity index (χ4v) is 2.19. The van der Waals surface area contributed by atoms with Gasteiger partial charge in [0.1, 0.15) is 5.75 Å². The molecule has 0 saturated heterocycles. The Kier molecular flexibility index (Phi) is 3.92. The number of aryl methyl sites for hydroxylation is 1. The summed E-state index contributed by atoms with van der Waals surface area (Å²) in [5, 5.41) is 12.9. The largest absolute Gasteiger partial charge is 0.508 e. The van der Waals surface area contributed by atoms with Crippen molar-refractivity contribution in [2.24, 2.45) is 0 Å². The van der Waals surface area contributed by atoms with Gasteiger partial charge in [-0.1, -0.05) is 34.1 Å². The van der Waals surface area contributed by atoms with Crippen molar-refractivity contribution in [2.75, 3.05) is 5.32 Å². The van der Waals surface area contributed by atoms with Gasteiger partial charge in [-0.15, -0.1) is 0 Å². The predicted molar refractivity (Wildman–Crippen MR) is 79.0 cm³/mol. The summed E-state index contributed by atoms with van der Waals surface area (Å²) in [4.78, 5) is 0. The minimum absolute atomic E-state index is 0.145. The number of anilines is 1. The number of phenolic OH excluding ortho intramolecular Hbond substituents is 1. The Morgan fingerprint density at radius 3 is 2.61 bits per heavy atom. The van der Waals surface area contributed by atoms with Crippen molar-refractivity contribution < 1.29 is 5.11 Å². The highest BCUT2D eigenvalue weighted by Crippen LogP contribution is 2.25. The molecular formula is C15H16BrNO. The van der Waals surface area contributed by atoms with Crippen LogP contribution in [0.5, 0.6) is 5.75 Å². The molecule has 0 amide bonds. The molecule has 0 aliphatic heterocycles. The summed E-state index contributed by atoms with van der Waals surface area (Å²) in [6, 6.07) is 13.6. The zero-order valence-electron chi connectivity index (χ0n) is 10.4. The number of hydrogen-bond acceptors (Lipinski definition) is 2. The van der Waals surface area contributed by atoms with Gasteiger partial charge >= 0.3 is 0 Å². The van der Waals surface area contributed by atoms with E-state index in [0.717, 1.165) is 15.7 Å². The van der Waals surface area contributed by atoms with Crippen LogP contribution in [0.2, 0.25) is 0 Å². The van der Waals surface area contributed by atoms with Crippen molar-refractivity contribution in [3.05, 3.63) is 58.1 Å². The predicted octanol–water partition coefficient (Wildman–Crippen LogP) is 4.64. The molecule has 2 aromatic rings. The van der Waals surface area contributed by atoms with Crippen molar-refractivity contribution in [2.45, 2.75) is 19.9 Å². The van der Waals surface area contributed by atoms with Crippen LogP contribution in [0.4, 0.5) is 5.69 Å². The third-order valence-corrected chi connectivity index (χ3v) is 3.78. The van der Waals surface area contributed by atoms with Crippen LogP contribution >= 0.6 is 15.9 Å². The van der Waals surface area contributed by atoms with Crippen LogP contribution < -0.4 is 5.32 Å². The van der Waals surface area contributed by atoms with E-state index in [2.05, 4.69) is 53.3 Å². The molecule has 0 aliphatic carbocycles. The van der Waals surface area contributed by atoms with Gasteiger partial charge in [0.25, 0.3) is 0 Å². The number of nitrogens with one attached hydrogen (secondary N) is 1. The Morgan fingerprint density at radius 2 is 1.94 bits per heavy atom. The molecule has 0 aliphatic rings. The van der Waals surface area contributed by atoms with Crippen molar-refractivity contribution in [3.63, 3.8) is 0 Å². The van der Waals surface area contributed by atoms with Gasteiger partial charge in [0.05, 0.1) is 0 Å². The molecule has 2 nitrogen and oxygen atoms in total. The second-order valence-electron chi connectivity index (χ2n) is 4.42. The van der Waals surface area contributed by atoms with Gasteiger partial charge in [-0.2, -0.15) is 0 Å². The standard InChI is InChI=1S/C15H16BrNO/c1-10-6-7-13(9-15(10)16)17-11(2)12-4-3-5-14(18)8-12/h3-9,11,17-18H,1-2H3. The molecule has 2 N–H and O–H groups in total. The summed E-state index contributed by atoms with van der Waals surface area (Å²) >= 11 is 3.52. The average molecular weight is 306 g/mol. The molecule has 0 aromatic heterocycles. The third kappa shape index (κ3) is 3.05. The monoisotopic (exact) mass is 305 g/mol. The van der Waals surface area contributed by atoms with E-state index in [-0.39, 0.29) is 6.04 Å². The number of benzene rings is 2. The van der Waals surface area contributed by atoms with E-state index in [1.54, 1.807) is 12.1 Å². The van der Waals surface area contributed by atoms with E-state index in [1.165, 1.54) is 5.56 Å². The van der Waals surface area contributed by atoms with Crippen molar-refractivity contribution in [3.8, 4) is 5.75 Å². The molecule has 0 radical (unpaired) electrons. The zero-order chi connectivity index (χ0) is 13.1. The number of aromatic hydroxyl groups is 1. The summed E-state index contributed by atoms with van der Waals surface area (Å²) in [6.07, 6.45) is 0. The second-order valence-corrected chi connectivity index (χ2v) is 5.28. The molecule has 0 fully saturated rings. The van der Waals surface area contributed by atoms with Crippen molar-refractivity contribution in [1.82, 2.24) is 0 Å². The van der Waals surface area contributed by atoms with Gasteiger partial charge in [-0.3, -0.25) is 0 Å². The number of phenols is 1. The van der Waals surface area contributed by atoms with Crippen LogP contribution in [0.15, 0.2) is 46.9 Å². The van der Waals surface area contributed by atoms with Gasteiger partial charge in [0, 0.05) is 16.2 Å². The minimum atomic E-state index is 0.145. The SMILES string of the molecule is Cc1ccc(NC(C)c2cccc(O)c2)cc1Br. The van der Waals surface area contributed by atoms with Crippen LogP contribution in [0.3, 0.4) is 0 Å². The molecule has 1 atom stereocenters. The Labute approximate surface area is 116 Å². The third-order valence-electron chi connectivity index (χ3n) is 2.93. The Bertz CT molecular complexity index is 554. The smallest absolute Gasteiger partial charge is 0.115 e. The highest BCUT2D eigenvalue weighted by atomic mass is 79.9. The molecule has 2 aromatic carbocycles. The lowest BCUT2D eigenvalue weighted by atomic mass is 10.1. The van der Waals surface area contributed by atoms with Gasteiger partial charge in [0.2, 0.25) is 0 Å². The van der Waals surface area contributed by atoms with E-state index in [4.69, 9.17) is 0 Å². The lowest BCUT2D eigenvalue weighted by molar-refractivity contribution is 0.474. The van der Waals surface area contributed by atoms with E-state index >= 15 is 0 Å². The van der Waals surface area contributed by atoms with Crippen LogP contribution in [-0.2, 0) is 0 Å². The van der Waals surface area contributed by atoms with E-state index in [0.29, 0.717) is 5.75 Å². The molecular weight excluding hydrogens is 290 g/mol. The zero-order valence-corrected chi connectivity index (χ0v) is 12.0. The lowest BCUT2D eigenvalue weighted by Gasteiger charge is -2.16. The maximum atomic E-state index is 9.47. The summed E-state index contributed by atoms with van der Waals surface area (Å²) in [7, 11) is 0. The average Bonchev–Trinajstić information content (AvgIpc) is 2.34. The van der Waals surface area contributed by atoms with Crippen molar-refractivity contribution in [1.29, 1.82) is 0 Å². The van der Waals surface area contributed by atoms with Crippen LogP contribution in [0.1, 0.15) is 24.1 Å². The second kappa shape index (κ2) is 5.44. The van der Waals surface area contributed by atoms with E-state index in [9.17, 15) is 5.11 Å². The highest BCUT2D eigenvalue weighted by Gasteiger charge is 2.06. The van der Waals surface area contributed by atoms with E-state index < -0.39 is 0 Å². The molecule has 0 saturated carbocycles. The van der Waals surface area contributed by atoms with Crippen molar-refractivity contribution >= 4 is 21.6 Å². The first-order chi connectivity index (χ1) is 8.56. The van der Waals surface area contributed by atoms with Gasteiger partial charge in [-0.25, -0.2) is 0 Å². The summed E-state index contributed by atoms with van der Waals surface area (Å²) in [5.41, 5.74) is 3.33. The maximum absolute atomic E-state index is 9.47. The maximum Gasteiger partial charge on any atom is 0.115 e. The summed E-state index contributed by atoms with van der Waals surface area (Å²) in [6.45, 7) is 4.13. The van der Waals surface area contributed by atoms with Crippen LogP contribution in [-0.4, -0.2) is 5.11 Å². The fraction of sp³-hybridized carbons (Fsp3) is 0.200. The number of hydrogen-bond donors (Lipinski definition) is 2. The van der Waals surface area contributed by atoms with Gasteiger partial charge in [-0.05, 0) is 49.2 Å². The first-order valence-electron chi connectivity index (χ1n) is 5.88. The number of rotatable bonds is 3. The Hall–Kier alpha value is -1.48. The quantitative estimate of drug-likeness (QED) is 0.866. The lowest BCUT2D eigenvalue weighted by Crippen LogP contribution is -2.06. The Morgan fingerprint density at radius 1 is 1.17 bits per heavy atom. The van der Waals surface area contributed by atoms with Crippen LogP contribution in [0.25, 0.3) is 0 Å². The fourth-order valence-electron chi connectivity index (χ4n) is 1.81. The van der Waals surface area contributed by atoms with E-state index in [1.807, 2.05) is 12.1 Å². The normalized spacial score (nSPS) is 12.2. The van der Waals surface area contributed by atoms with Gasteiger partial charge in [0.15, 0.2) is 0 Å². The number of halogens is 1. The Balaban J connectivity index is 2.16. The molecule has 18 heavy (non-hydrogen) atoms. The summed E-state index contributed by atoms with van der Waals surface area (Å²) in [5.74, 6) is 0.297. The molecule has 94 valence electrons. The molecule has 3 heteroatoms. The molecule has 0 spiro atoms. The molecule has 0 heterocycles. The highest BCUT2D eigenvalue weighted by molar-refractivity contribution is 9.10. The van der Waals surface area contributed by atoms with Gasteiger partial charge < -0.3 is 10.4 Å². The summed E-state index contributed by atoms with van der Waals surface area (Å²) < 4.78 is 1.09. The first-order valence-corrected chi connectivity index (χ1v) is 6.67. The molecule has 1 unspecified atom stereocenters.